The third kappa shape index (κ3) is 9.33. The van der Waals surface area contributed by atoms with Crippen molar-refractivity contribution >= 4 is 34.6 Å². The lowest BCUT2D eigenvalue weighted by Crippen LogP contribution is -2.58. The zero-order valence-corrected chi connectivity index (χ0v) is 26.3. The van der Waals surface area contributed by atoms with Gasteiger partial charge in [0.1, 0.15) is 29.6 Å². The van der Waals surface area contributed by atoms with Crippen LogP contribution in [0.3, 0.4) is 0 Å². The Morgan fingerprint density at radius 1 is 0.745 bits per heavy atom. The molecule has 3 aromatic carbocycles. The molecule has 1 aromatic heterocycles. The topological polar surface area (TPSA) is 207 Å². The average Bonchev–Trinajstić information content (AvgIpc) is 3.46. The number of aromatic nitrogens is 1. The molecule has 0 aliphatic rings. The minimum atomic E-state index is -1.22. The average molecular weight is 644 g/mol. The number of rotatable bonds is 15. The molecule has 4 rings (SSSR count). The number of hydrogen-bond acceptors (Lipinski definition) is 7. The van der Waals surface area contributed by atoms with Crippen LogP contribution in [0.2, 0.25) is 0 Å². The smallest absolute Gasteiger partial charge is 0.326 e. The number of phenols is 2. The van der Waals surface area contributed by atoms with E-state index in [1.807, 2.05) is 31.2 Å². The van der Waals surface area contributed by atoms with E-state index in [0.717, 1.165) is 16.5 Å². The summed E-state index contributed by atoms with van der Waals surface area (Å²) < 4.78 is 0. The van der Waals surface area contributed by atoms with Gasteiger partial charge in [0, 0.05) is 29.9 Å². The number of aromatic hydroxyl groups is 2. The first-order valence-corrected chi connectivity index (χ1v) is 15.5. The zero-order chi connectivity index (χ0) is 34.1. The molecule has 12 heteroatoms. The van der Waals surface area contributed by atoms with Crippen molar-refractivity contribution in [3.63, 3.8) is 0 Å². The van der Waals surface area contributed by atoms with Crippen molar-refractivity contribution in [3.8, 4) is 11.5 Å². The molecule has 0 fully saturated rings. The van der Waals surface area contributed by atoms with Gasteiger partial charge in [-0.3, -0.25) is 14.4 Å². The minimum Gasteiger partial charge on any atom is -0.508 e. The van der Waals surface area contributed by atoms with Crippen LogP contribution in [0.15, 0.2) is 79.0 Å². The number of fused-ring (bicyclic) bond motifs is 1. The molecule has 0 spiro atoms. The van der Waals surface area contributed by atoms with E-state index in [9.17, 15) is 34.5 Å². The highest BCUT2D eigenvalue weighted by molar-refractivity contribution is 5.94. The third-order valence-corrected chi connectivity index (χ3v) is 8.25. The molecule has 9 N–H and O–H groups in total. The number of carboxylic acids is 1. The maximum Gasteiger partial charge on any atom is 0.326 e. The summed E-state index contributed by atoms with van der Waals surface area (Å²) in [5, 5.41) is 38.2. The summed E-state index contributed by atoms with van der Waals surface area (Å²) in [6.07, 6.45) is 2.46. The first kappa shape index (κ1) is 34.5. The number of carbonyl (C=O) groups is 4. The summed E-state index contributed by atoms with van der Waals surface area (Å²) in [6, 6.07) is 15.2. The van der Waals surface area contributed by atoms with Crippen molar-refractivity contribution in [1.82, 2.24) is 20.9 Å². The Kier molecular flexibility index (Phi) is 11.6. The van der Waals surface area contributed by atoms with E-state index in [0.29, 0.717) is 17.5 Å². The first-order valence-electron chi connectivity index (χ1n) is 15.5. The highest BCUT2D eigenvalue weighted by Crippen LogP contribution is 2.19. The van der Waals surface area contributed by atoms with E-state index in [-0.39, 0.29) is 36.7 Å². The summed E-state index contributed by atoms with van der Waals surface area (Å²) in [7, 11) is 0. The van der Waals surface area contributed by atoms with Gasteiger partial charge in [0.2, 0.25) is 17.7 Å². The largest absolute Gasteiger partial charge is 0.508 e. The molecule has 47 heavy (non-hydrogen) atoms. The number of hydrogen-bond donors (Lipinski definition) is 8. The molecule has 5 unspecified atom stereocenters. The second-order valence-corrected chi connectivity index (χ2v) is 11.7. The van der Waals surface area contributed by atoms with Gasteiger partial charge in [0.15, 0.2) is 0 Å². The van der Waals surface area contributed by atoms with Crippen LogP contribution in [0.1, 0.15) is 37.0 Å². The fourth-order valence-electron chi connectivity index (χ4n) is 5.27. The fraction of sp³-hybridized carbons (Fsp3) is 0.314. The molecule has 0 saturated carbocycles. The Balaban J connectivity index is 1.57. The second kappa shape index (κ2) is 15.8. The lowest BCUT2D eigenvalue weighted by molar-refractivity contribution is -0.143. The number of aliphatic carboxylic acids is 1. The number of H-pyrrole nitrogens is 1. The van der Waals surface area contributed by atoms with Crippen molar-refractivity contribution in [2.24, 2.45) is 11.7 Å². The van der Waals surface area contributed by atoms with E-state index < -0.39 is 47.9 Å². The highest BCUT2D eigenvalue weighted by atomic mass is 16.4. The molecule has 0 aliphatic heterocycles. The van der Waals surface area contributed by atoms with E-state index in [1.54, 1.807) is 37.4 Å². The molecule has 248 valence electrons. The number of para-hydroxylation sites is 1. The number of carboxylic acid groups (broad SMARTS) is 1. The number of nitrogens with one attached hydrogen (secondary N) is 4. The molecule has 5 atom stereocenters. The summed E-state index contributed by atoms with van der Waals surface area (Å²) >= 11 is 0. The molecular formula is C35H41N5O7. The molecule has 12 nitrogen and oxygen atoms in total. The van der Waals surface area contributed by atoms with E-state index in [2.05, 4.69) is 20.9 Å². The zero-order valence-electron chi connectivity index (χ0n) is 26.3. The van der Waals surface area contributed by atoms with Gasteiger partial charge in [0.05, 0.1) is 6.04 Å². The Morgan fingerprint density at radius 3 is 1.79 bits per heavy atom. The molecular weight excluding hydrogens is 602 g/mol. The van der Waals surface area contributed by atoms with Gasteiger partial charge in [-0.25, -0.2) is 4.79 Å². The van der Waals surface area contributed by atoms with E-state index in [4.69, 9.17) is 5.73 Å². The lowest BCUT2D eigenvalue weighted by Gasteiger charge is -2.27. The lowest BCUT2D eigenvalue weighted by atomic mass is 9.97. The predicted molar refractivity (Wildman–Crippen MR) is 176 cm³/mol. The molecule has 0 bridgehead atoms. The Bertz CT molecular complexity index is 1690. The van der Waals surface area contributed by atoms with Gasteiger partial charge in [0.25, 0.3) is 0 Å². The van der Waals surface area contributed by atoms with Gasteiger partial charge in [-0.2, -0.15) is 0 Å². The monoisotopic (exact) mass is 643 g/mol. The molecule has 0 radical (unpaired) electrons. The molecule has 3 amide bonds. The highest BCUT2D eigenvalue weighted by Gasteiger charge is 2.32. The van der Waals surface area contributed by atoms with Crippen molar-refractivity contribution in [2.75, 3.05) is 0 Å². The standard InChI is InChI=1S/C35H41N5O7/c1-3-20(2)31(35(46)47)40-34(45)30(17-22-10-14-25(42)15-11-22)39-33(44)29(16-21-8-12-24(41)13-9-21)38-32(43)27(36)18-23-19-37-28-7-5-4-6-26(23)28/h4-15,19-20,27,29-31,37,41-42H,3,16-18,36H2,1-2H3,(H,38,43)(H,39,44)(H,40,45)(H,46,47). The van der Waals surface area contributed by atoms with Gasteiger partial charge < -0.3 is 42.0 Å². The quantitative estimate of drug-likeness (QED) is 0.0963. The number of phenolic OH excluding ortho intramolecular Hbond substituents is 2. The normalized spacial score (nSPS) is 14.4. The molecule has 0 saturated heterocycles. The fourth-order valence-corrected chi connectivity index (χ4v) is 5.27. The first-order chi connectivity index (χ1) is 22.4. The Hall–Kier alpha value is -5.36. The Morgan fingerprint density at radius 2 is 1.26 bits per heavy atom. The third-order valence-electron chi connectivity index (χ3n) is 8.25. The summed E-state index contributed by atoms with van der Waals surface area (Å²) in [4.78, 5) is 55.9. The van der Waals surface area contributed by atoms with Crippen LogP contribution in [-0.2, 0) is 38.4 Å². The number of nitrogens with two attached hydrogens (primary N) is 1. The van der Waals surface area contributed by atoms with Gasteiger partial charge in [-0.15, -0.1) is 0 Å². The SMILES string of the molecule is CCC(C)C(NC(=O)C(Cc1ccc(O)cc1)NC(=O)C(Cc1ccc(O)cc1)NC(=O)C(N)Cc1c[nH]c2ccccc12)C(=O)O. The van der Waals surface area contributed by atoms with Crippen molar-refractivity contribution in [3.05, 3.63) is 95.7 Å². The van der Waals surface area contributed by atoms with Crippen molar-refractivity contribution in [2.45, 2.75) is 63.7 Å². The molecule has 1 heterocycles. The van der Waals surface area contributed by atoms with Crippen LogP contribution in [-0.4, -0.2) is 68.2 Å². The molecule has 4 aromatic rings. The predicted octanol–water partition coefficient (Wildman–Crippen LogP) is 2.52. The maximum atomic E-state index is 13.9. The van der Waals surface area contributed by atoms with Crippen molar-refractivity contribution < 1.29 is 34.5 Å². The summed E-state index contributed by atoms with van der Waals surface area (Å²) in [5.41, 5.74) is 9.27. The Labute approximate surface area is 272 Å². The number of carbonyl (C=O) groups excluding carboxylic acids is 3. The minimum absolute atomic E-state index is 0.00975. The van der Waals surface area contributed by atoms with Crippen LogP contribution in [0, 0.1) is 5.92 Å². The van der Waals surface area contributed by atoms with Crippen LogP contribution in [0.25, 0.3) is 10.9 Å². The van der Waals surface area contributed by atoms with Crippen molar-refractivity contribution in [1.29, 1.82) is 0 Å². The van der Waals surface area contributed by atoms with Crippen LogP contribution in [0.5, 0.6) is 11.5 Å². The summed E-state index contributed by atoms with van der Waals surface area (Å²) in [5.74, 6) is -3.55. The summed E-state index contributed by atoms with van der Waals surface area (Å²) in [6.45, 7) is 3.51. The maximum absolute atomic E-state index is 13.9. The van der Waals surface area contributed by atoms with Gasteiger partial charge in [-0.05, 0) is 59.4 Å². The second-order valence-electron chi connectivity index (χ2n) is 11.7. The van der Waals surface area contributed by atoms with Gasteiger partial charge >= 0.3 is 5.97 Å². The number of amides is 3. The number of benzene rings is 3. The van der Waals surface area contributed by atoms with E-state index >= 15 is 0 Å². The van der Waals surface area contributed by atoms with Crippen LogP contribution >= 0.6 is 0 Å². The van der Waals surface area contributed by atoms with E-state index in [1.165, 1.54) is 24.3 Å². The van der Waals surface area contributed by atoms with Crippen LogP contribution in [0.4, 0.5) is 0 Å². The van der Waals surface area contributed by atoms with Crippen LogP contribution < -0.4 is 21.7 Å². The van der Waals surface area contributed by atoms with Gasteiger partial charge in [-0.1, -0.05) is 62.7 Å². The molecule has 0 aliphatic carbocycles. The number of aromatic amines is 1.